The van der Waals surface area contributed by atoms with Crippen LogP contribution in [0.3, 0.4) is 0 Å². The molecule has 3 aromatic rings. The highest BCUT2D eigenvalue weighted by Crippen LogP contribution is 2.14. The number of ether oxygens (including phenoxy) is 1. The topological polar surface area (TPSA) is 88.0 Å². The first-order valence-corrected chi connectivity index (χ1v) is 8.55. The minimum Gasteiger partial charge on any atom is -0.489 e. The Morgan fingerprint density at radius 2 is 1.54 bits per heavy atom. The molecule has 0 aromatic heterocycles. The first-order valence-electron chi connectivity index (χ1n) is 8.55. The molecule has 0 radical (unpaired) electrons. The van der Waals surface area contributed by atoms with Gasteiger partial charge in [-0.25, -0.2) is 10.2 Å². The summed E-state index contributed by atoms with van der Waals surface area (Å²) in [6.07, 6.45) is 1.45. The van der Waals surface area contributed by atoms with Gasteiger partial charge in [-0.15, -0.1) is 0 Å². The highest BCUT2D eigenvalue weighted by molar-refractivity contribution is 5.95. The lowest BCUT2D eigenvalue weighted by atomic mass is 10.1. The van der Waals surface area contributed by atoms with Gasteiger partial charge in [0.05, 0.1) is 11.8 Å². The molecule has 1 amide bonds. The predicted molar refractivity (Wildman–Crippen MR) is 106 cm³/mol. The van der Waals surface area contributed by atoms with Crippen LogP contribution in [-0.2, 0) is 6.61 Å². The molecule has 0 aliphatic heterocycles. The zero-order chi connectivity index (χ0) is 19.8. The van der Waals surface area contributed by atoms with E-state index < -0.39 is 5.97 Å². The second-order valence-corrected chi connectivity index (χ2v) is 5.92. The number of nitrogens with one attached hydrogen (secondary N) is 1. The van der Waals surface area contributed by atoms with Crippen LogP contribution in [0.1, 0.15) is 31.8 Å². The van der Waals surface area contributed by atoms with Crippen molar-refractivity contribution in [2.24, 2.45) is 5.10 Å². The van der Waals surface area contributed by atoms with Crippen molar-refractivity contribution in [2.45, 2.75) is 6.61 Å². The third-order valence-corrected chi connectivity index (χ3v) is 3.90. The third-order valence-electron chi connectivity index (χ3n) is 3.90. The maximum atomic E-state index is 12.1. The van der Waals surface area contributed by atoms with Gasteiger partial charge in [0.25, 0.3) is 5.91 Å². The van der Waals surface area contributed by atoms with Crippen molar-refractivity contribution in [2.75, 3.05) is 0 Å². The van der Waals surface area contributed by atoms with Gasteiger partial charge in [0.15, 0.2) is 0 Å². The molecule has 3 rings (SSSR count). The molecule has 6 heteroatoms. The molecule has 0 unspecified atom stereocenters. The van der Waals surface area contributed by atoms with Crippen LogP contribution >= 0.6 is 0 Å². The van der Waals surface area contributed by atoms with E-state index in [0.29, 0.717) is 23.5 Å². The smallest absolute Gasteiger partial charge is 0.335 e. The molecule has 2 N–H and O–H groups in total. The molecule has 28 heavy (non-hydrogen) atoms. The van der Waals surface area contributed by atoms with Crippen molar-refractivity contribution in [1.82, 2.24) is 5.43 Å². The van der Waals surface area contributed by atoms with Crippen LogP contribution in [0.4, 0.5) is 0 Å². The van der Waals surface area contributed by atoms with Gasteiger partial charge in [-0.1, -0.05) is 42.5 Å². The van der Waals surface area contributed by atoms with Gasteiger partial charge in [-0.05, 0) is 47.5 Å². The van der Waals surface area contributed by atoms with Gasteiger partial charge in [0, 0.05) is 5.56 Å². The fourth-order valence-corrected chi connectivity index (χ4v) is 2.39. The van der Waals surface area contributed by atoms with Crippen LogP contribution < -0.4 is 10.2 Å². The summed E-state index contributed by atoms with van der Waals surface area (Å²) in [6, 6.07) is 22.8. The summed E-state index contributed by atoms with van der Waals surface area (Å²) in [7, 11) is 0. The highest BCUT2D eigenvalue weighted by atomic mass is 16.5. The van der Waals surface area contributed by atoms with Gasteiger partial charge < -0.3 is 9.84 Å². The average Bonchev–Trinajstić information content (AvgIpc) is 2.73. The number of carboxylic acids is 1. The molecule has 0 atom stereocenters. The molecule has 3 aromatic carbocycles. The Hall–Kier alpha value is -3.93. The number of hydrogen-bond acceptors (Lipinski definition) is 4. The van der Waals surface area contributed by atoms with E-state index in [1.165, 1.54) is 18.3 Å². The second kappa shape index (κ2) is 9.14. The van der Waals surface area contributed by atoms with Crippen LogP contribution in [0.5, 0.6) is 5.75 Å². The summed E-state index contributed by atoms with van der Waals surface area (Å²) >= 11 is 0. The number of carboxylic acid groups (broad SMARTS) is 1. The molecule has 0 aliphatic carbocycles. The maximum Gasteiger partial charge on any atom is 0.335 e. The predicted octanol–water partition coefficient (Wildman–Crippen LogP) is 3.73. The van der Waals surface area contributed by atoms with Crippen LogP contribution in [-0.4, -0.2) is 23.2 Å². The lowest BCUT2D eigenvalue weighted by molar-refractivity contribution is 0.0696. The number of nitrogens with zero attached hydrogens (tertiary/aromatic N) is 1. The van der Waals surface area contributed by atoms with E-state index in [1.807, 2.05) is 30.3 Å². The largest absolute Gasteiger partial charge is 0.489 e. The summed E-state index contributed by atoms with van der Waals surface area (Å²) in [5.41, 5.74) is 4.82. The first-order chi connectivity index (χ1) is 13.6. The molecule has 140 valence electrons. The number of benzene rings is 3. The normalized spacial score (nSPS) is 10.6. The Kier molecular flexibility index (Phi) is 6.15. The lowest BCUT2D eigenvalue weighted by Crippen LogP contribution is -2.17. The van der Waals surface area contributed by atoms with Crippen molar-refractivity contribution >= 4 is 18.1 Å². The monoisotopic (exact) mass is 374 g/mol. The van der Waals surface area contributed by atoms with Gasteiger partial charge in [-0.2, -0.15) is 5.10 Å². The van der Waals surface area contributed by atoms with Crippen molar-refractivity contribution in [3.63, 3.8) is 0 Å². The quantitative estimate of drug-likeness (QED) is 0.487. The Morgan fingerprint density at radius 3 is 2.18 bits per heavy atom. The van der Waals surface area contributed by atoms with Crippen molar-refractivity contribution in [3.05, 3.63) is 101 Å². The SMILES string of the molecule is O=C(O)c1ccc(C=NNC(=O)c2ccc(OCc3ccccc3)cc2)cc1. The van der Waals surface area contributed by atoms with Crippen molar-refractivity contribution in [1.29, 1.82) is 0 Å². The summed E-state index contributed by atoms with van der Waals surface area (Å²) in [4.78, 5) is 22.9. The number of carbonyl (C=O) groups is 2. The van der Waals surface area contributed by atoms with Gasteiger partial charge in [0.1, 0.15) is 12.4 Å². The van der Waals surface area contributed by atoms with Crippen molar-refractivity contribution in [3.8, 4) is 5.75 Å². The zero-order valence-electron chi connectivity index (χ0n) is 14.9. The number of carbonyl (C=O) groups excluding carboxylic acids is 1. The average molecular weight is 374 g/mol. The molecule has 0 fully saturated rings. The van der Waals surface area contributed by atoms with Gasteiger partial charge in [0.2, 0.25) is 0 Å². The second-order valence-electron chi connectivity index (χ2n) is 5.92. The zero-order valence-corrected chi connectivity index (χ0v) is 14.9. The molecular formula is C22H18N2O4. The fourth-order valence-electron chi connectivity index (χ4n) is 2.39. The number of aromatic carboxylic acids is 1. The molecular weight excluding hydrogens is 356 g/mol. The Morgan fingerprint density at radius 1 is 0.893 bits per heavy atom. The Bertz CT molecular complexity index is 966. The number of amides is 1. The first kappa shape index (κ1) is 18.8. The van der Waals surface area contributed by atoms with E-state index in [9.17, 15) is 9.59 Å². The summed E-state index contributed by atoms with van der Waals surface area (Å²) < 4.78 is 5.69. The summed E-state index contributed by atoms with van der Waals surface area (Å²) in [6.45, 7) is 0.456. The Balaban J connectivity index is 1.52. The molecule has 0 saturated carbocycles. The molecule has 0 aliphatic rings. The van der Waals surface area contributed by atoms with Crippen LogP contribution in [0.2, 0.25) is 0 Å². The van der Waals surface area contributed by atoms with Gasteiger partial charge in [-0.3, -0.25) is 4.79 Å². The molecule has 0 spiro atoms. The maximum absolute atomic E-state index is 12.1. The molecule has 0 bridgehead atoms. The summed E-state index contributed by atoms with van der Waals surface area (Å²) in [5, 5.41) is 12.7. The minimum absolute atomic E-state index is 0.191. The van der Waals surface area contributed by atoms with E-state index in [1.54, 1.807) is 36.4 Å². The fraction of sp³-hybridized carbons (Fsp3) is 0.0455. The Labute approximate surface area is 162 Å². The van der Waals surface area contributed by atoms with Crippen molar-refractivity contribution < 1.29 is 19.4 Å². The van der Waals surface area contributed by atoms with Crippen LogP contribution in [0.25, 0.3) is 0 Å². The van der Waals surface area contributed by atoms with E-state index in [2.05, 4.69) is 10.5 Å². The summed E-state index contributed by atoms with van der Waals surface area (Å²) in [5.74, 6) is -0.677. The van der Waals surface area contributed by atoms with E-state index in [0.717, 1.165) is 5.56 Å². The number of hydrazone groups is 1. The van der Waals surface area contributed by atoms with Crippen LogP contribution in [0, 0.1) is 0 Å². The minimum atomic E-state index is -0.993. The molecule has 6 nitrogen and oxygen atoms in total. The molecule has 0 heterocycles. The van der Waals surface area contributed by atoms with E-state index >= 15 is 0 Å². The standard InChI is InChI=1S/C22H18N2O4/c25-21(24-23-14-16-6-8-19(9-7-16)22(26)27)18-10-12-20(13-11-18)28-15-17-4-2-1-3-5-17/h1-14H,15H2,(H,24,25)(H,26,27). The number of rotatable bonds is 7. The van der Waals surface area contributed by atoms with E-state index in [-0.39, 0.29) is 11.5 Å². The highest BCUT2D eigenvalue weighted by Gasteiger charge is 2.05. The lowest BCUT2D eigenvalue weighted by Gasteiger charge is -2.07. The number of hydrogen-bond donors (Lipinski definition) is 2. The van der Waals surface area contributed by atoms with Crippen LogP contribution in [0.15, 0.2) is 84.0 Å². The molecule has 0 saturated heterocycles. The van der Waals surface area contributed by atoms with Gasteiger partial charge >= 0.3 is 5.97 Å². The van der Waals surface area contributed by atoms with E-state index in [4.69, 9.17) is 9.84 Å². The third kappa shape index (κ3) is 5.28.